The number of likely N-dealkylation sites (tertiary alicyclic amines) is 1. The second-order valence-corrected chi connectivity index (χ2v) is 5.94. The molecule has 1 heterocycles. The molecule has 24 heavy (non-hydrogen) atoms. The van der Waals surface area contributed by atoms with Gasteiger partial charge in [-0.2, -0.15) is 13.2 Å². The predicted octanol–water partition coefficient (Wildman–Crippen LogP) is 2.78. The molecule has 1 aliphatic rings. The molecule has 0 aromatic heterocycles. The Morgan fingerprint density at radius 2 is 2.08 bits per heavy atom. The van der Waals surface area contributed by atoms with Crippen molar-refractivity contribution in [3.8, 4) is 0 Å². The Bertz CT molecular complexity index is 656. The molecule has 1 atom stereocenters. The molecule has 4 nitrogen and oxygen atoms in total. The molecule has 0 aliphatic carbocycles. The van der Waals surface area contributed by atoms with Crippen LogP contribution in [0.1, 0.15) is 27.9 Å². The standard InChI is InChI=1S/C17H19F3N2O2/c1-3-15(23)22-5-4-12(10-22)9-21-16(24)13-6-11(2)7-14(8-13)17(18,19)20/h3,6-8,12H,1,4-5,9-10H2,2H3,(H,21,24). The number of hydrogen-bond donors (Lipinski definition) is 1. The highest BCUT2D eigenvalue weighted by atomic mass is 19.4. The summed E-state index contributed by atoms with van der Waals surface area (Å²) in [7, 11) is 0. The third-order valence-electron chi connectivity index (χ3n) is 3.99. The molecule has 1 saturated heterocycles. The van der Waals surface area contributed by atoms with Crippen LogP contribution in [0.4, 0.5) is 13.2 Å². The fourth-order valence-electron chi connectivity index (χ4n) is 2.75. The molecule has 2 rings (SSSR count). The summed E-state index contributed by atoms with van der Waals surface area (Å²) in [5.74, 6) is -0.611. The van der Waals surface area contributed by atoms with Crippen molar-refractivity contribution in [1.29, 1.82) is 0 Å². The van der Waals surface area contributed by atoms with Crippen LogP contribution in [0, 0.1) is 12.8 Å². The van der Waals surface area contributed by atoms with Gasteiger partial charge in [-0.25, -0.2) is 0 Å². The topological polar surface area (TPSA) is 49.4 Å². The Labute approximate surface area is 138 Å². The smallest absolute Gasteiger partial charge is 0.352 e. The van der Waals surface area contributed by atoms with Gasteiger partial charge in [0, 0.05) is 25.2 Å². The second kappa shape index (κ2) is 7.07. The van der Waals surface area contributed by atoms with Crippen LogP contribution in [-0.4, -0.2) is 36.3 Å². The van der Waals surface area contributed by atoms with Crippen LogP contribution in [0.15, 0.2) is 30.9 Å². The number of amides is 2. The number of nitrogens with one attached hydrogen (secondary N) is 1. The normalized spacial score (nSPS) is 17.7. The lowest BCUT2D eigenvalue weighted by Crippen LogP contribution is -2.32. The summed E-state index contributed by atoms with van der Waals surface area (Å²) in [6.07, 6.45) is -2.51. The fourth-order valence-corrected chi connectivity index (χ4v) is 2.75. The van der Waals surface area contributed by atoms with Gasteiger partial charge >= 0.3 is 6.18 Å². The quantitative estimate of drug-likeness (QED) is 0.857. The minimum absolute atomic E-state index is 0.0145. The number of aryl methyl sites for hydroxylation is 1. The first-order valence-electron chi connectivity index (χ1n) is 7.59. The van der Waals surface area contributed by atoms with Gasteiger partial charge in [-0.1, -0.05) is 6.58 Å². The van der Waals surface area contributed by atoms with Crippen LogP contribution in [0.5, 0.6) is 0 Å². The second-order valence-electron chi connectivity index (χ2n) is 5.94. The maximum atomic E-state index is 12.8. The SMILES string of the molecule is C=CC(=O)N1CCC(CNC(=O)c2cc(C)cc(C(F)(F)F)c2)C1. The first-order chi connectivity index (χ1) is 11.2. The van der Waals surface area contributed by atoms with Crippen molar-refractivity contribution in [3.05, 3.63) is 47.5 Å². The molecule has 1 aliphatic heterocycles. The lowest BCUT2D eigenvalue weighted by atomic mass is 10.0. The third kappa shape index (κ3) is 4.37. The Hall–Kier alpha value is -2.31. The number of hydrogen-bond acceptors (Lipinski definition) is 2. The van der Waals surface area contributed by atoms with E-state index < -0.39 is 17.6 Å². The van der Waals surface area contributed by atoms with Crippen molar-refractivity contribution in [1.82, 2.24) is 10.2 Å². The lowest BCUT2D eigenvalue weighted by Gasteiger charge is -2.15. The highest BCUT2D eigenvalue weighted by Crippen LogP contribution is 2.30. The molecular weight excluding hydrogens is 321 g/mol. The number of rotatable bonds is 4. The van der Waals surface area contributed by atoms with Gasteiger partial charge in [-0.05, 0) is 49.1 Å². The Morgan fingerprint density at radius 3 is 2.71 bits per heavy atom. The molecule has 2 amide bonds. The van der Waals surface area contributed by atoms with Crippen molar-refractivity contribution < 1.29 is 22.8 Å². The monoisotopic (exact) mass is 340 g/mol. The number of halogens is 3. The Balaban J connectivity index is 1.97. The molecule has 0 saturated carbocycles. The van der Waals surface area contributed by atoms with E-state index in [1.807, 2.05) is 0 Å². The predicted molar refractivity (Wildman–Crippen MR) is 83.4 cm³/mol. The third-order valence-corrected chi connectivity index (χ3v) is 3.99. The van der Waals surface area contributed by atoms with E-state index >= 15 is 0 Å². The van der Waals surface area contributed by atoms with Crippen molar-refractivity contribution in [2.75, 3.05) is 19.6 Å². The number of carbonyl (C=O) groups excluding carboxylic acids is 2. The summed E-state index contributed by atoms with van der Waals surface area (Å²) in [4.78, 5) is 25.3. The zero-order valence-electron chi connectivity index (χ0n) is 13.3. The highest BCUT2D eigenvalue weighted by molar-refractivity contribution is 5.94. The van der Waals surface area contributed by atoms with E-state index in [9.17, 15) is 22.8 Å². The summed E-state index contributed by atoms with van der Waals surface area (Å²) in [5, 5.41) is 2.65. The molecule has 1 unspecified atom stereocenters. The Morgan fingerprint density at radius 1 is 1.38 bits per heavy atom. The summed E-state index contributed by atoms with van der Waals surface area (Å²) in [5.41, 5.74) is -0.478. The molecule has 0 spiro atoms. The maximum Gasteiger partial charge on any atom is 0.416 e. The number of carbonyl (C=O) groups is 2. The summed E-state index contributed by atoms with van der Waals surface area (Å²) in [6.45, 7) is 6.36. The molecule has 1 N–H and O–H groups in total. The molecular formula is C17H19F3N2O2. The van der Waals surface area contributed by atoms with Crippen LogP contribution in [0.3, 0.4) is 0 Å². The molecule has 1 fully saturated rings. The van der Waals surface area contributed by atoms with Crippen LogP contribution in [0.25, 0.3) is 0 Å². The Kier molecular flexibility index (Phi) is 5.31. The van der Waals surface area contributed by atoms with Crippen LogP contribution in [-0.2, 0) is 11.0 Å². The summed E-state index contributed by atoms with van der Waals surface area (Å²) < 4.78 is 38.5. The van der Waals surface area contributed by atoms with Crippen molar-refractivity contribution in [3.63, 3.8) is 0 Å². The average molecular weight is 340 g/mol. The summed E-state index contributed by atoms with van der Waals surface area (Å²) in [6, 6.07) is 3.28. The van der Waals surface area contributed by atoms with Gasteiger partial charge in [0.2, 0.25) is 5.91 Å². The fraction of sp³-hybridized carbons (Fsp3) is 0.412. The van der Waals surface area contributed by atoms with Crippen LogP contribution < -0.4 is 5.32 Å². The van der Waals surface area contributed by atoms with Gasteiger partial charge in [-0.3, -0.25) is 9.59 Å². The molecule has 0 bridgehead atoms. The maximum absolute atomic E-state index is 12.8. The number of benzene rings is 1. The van der Waals surface area contributed by atoms with Gasteiger partial charge in [0.1, 0.15) is 0 Å². The number of nitrogens with zero attached hydrogens (tertiary/aromatic N) is 1. The summed E-state index contributed by atoms with van der Waals surface area (Å²) >= 11 is 0. The minimum Gasteiger partial charge on any atom is -0.352 e. The van der Waals surface area contributed by atoms with Gasteiger partial charge < -0.3 is 10.2 Å². The van der Waals surface area contributed by atoms with E-state index in [0.717, 1.165) is 18.6 Å². The number of alkyl halides is 3. The van der Waals surface area contributed by atoms with Gasteiger partial charge in [0.05, 0.1) is 5.56 Å². The van der Waals surface area contributed by atoms with Crippen molar-refractivity contribution >= 4 is 11.8 Å². The first-order valence-corrected chi connectivity index (χ1v) is 7.59. The zero-order chi connectivity index (χ0) is 17.9. The molecule has 1 aromatic rings. The molecule has 0 radical (unpaired) electrons. The van der Waals surface area contributed by atoms with Crippen LogP contribution >= 0.6 is 0 Å². The zero-order valence-corrected chi connectivity index (χ0v) is 13.3. The first kappa shape index (κ1) is 18.0. The van der Waals surface area contributed by atoms with E-state index in [1.165, 1.54) is 19.1 Å². The minimum atomic E-state index is -4.49. The van der Waals surface area contributed by atoms with E-state index in [0.29, 0.717) is 25.2 Å². The van der Waals surface area contributed by atoms with Gasteiger partial charge in [-0.15, -0.1) is 0 Å². The van der Waals surface area contributed by atoms with Gasteiger partial charge in [0.15, 0.2) is 0 Å². The van der Waals surface area contributed by atoms with E-state index in [1.54, 1.807) is 4.90 Å². The van der Waals surface area contributed by atoms with Gasteiger partial charge in [0.25, 0.3) is 5.91 Å². The molecule has 7 heteroatoms. The van der Waals surface area contributed by atoms with E-state index in [2.05, 4.69) is 11.9 Å². The van der Waals surface area contributed by atoms with E-state index in [4.69, 9.17) is 0 Å². The van der Waals surface area contributed by atoms with Crippen molar-refractivity contribution in [2.45, 2.75) is 19.5 Å². The molecule has 1 aromatic carbocycles. The highest BCUT2D eigenvalue weighted by Gasteiger charge is 2.31. The van der Waals surface area contributed by atoms with Crippen molar-refractivity contribution in [2.24, 2.45) is 5.92 Å². The average Bonchev–Trinajstić information content (AvgIpc) is 2.99. The largest absolute Gasteiger partial charge is 0.416 e. The van der Waals surface area contributed by atoms with Crippen LogP contribution in [0.2, 0.25) is 0 Å². The lowest BCUT2D eigenvalue weighted by molar-refractivity contribution is -0.137. The molecule has 130 valence electrons. The van der Waals surface area contributed by atoms with E-state index in [-0.39, 0.29) is 17.4 Å².